The summed E-state index contributed by atoms with van der Waals surface area (Å²) in [6.07, 6.45) is 9.76. The van der Waals surface area contributed by atoms with E-state index in [0.717, 1.165) is 12.8 Å². The molecule has 2 aliphatic rings. The predicted molar refractivity (Wildman–Crippen MR) is 210 cm³/mol. The van der Waals surface area contributed by atoms with E-state index in [-0.39, 0.29) is 0 Å². The second-order valence-electron chi connectivity index (χ2n) is 14.2. The van der Waals surface area contributed by atoms with Gasteiger partial charge in [0, 0.05) is 33.5 Å². The van der Waals surface area contributed by atoms with Crippen molar-refractivity contribution in [1.82, 2.24) is 9.13 Å². The third-order valence-corrected chi connectivity index (χ3v) is 11.3. The molecule has 0 radical (unpaired) electrons. The summed E-state index contributed by atoms with van der Waals surface area (Å²) in [5.74, 6) is 0. The Morgan fingerprint density at radius 3 is 1.16 bits per heavy atom. The Morgan fingerprint density at radius 1 is 0.320 bits per heavy atom. The first-order valence-corrected chi connectivity index (χ1v) is 18.4. The summed E-state index contributed by atoms with van der Waals surface area (Å²) in [5, 5.41) is 2.84. The molecule has 0 N–H and O–H groups in total. The van der Waals surface area contributed by atoms with Crippen LogP contribution in [0.5, 0.6) is 0 Å². The fourth-order valence-corrected chi connectivity index (χ4v) is 8.94. The number of benzene rings is 6. The first-order chi connectivity index (χ1) is 24.8. The maximum atomic E-state index is 2.52. The third-order valence-electron chi connectivity index (χ3n) is 11.3. The molecule has 50 heavy (non-hydrogen) atoms. The molecule has 0 atom stereocenters. The van der Waals surface area contributed by atoms with Crippen LogP contribution in [0, 0.1) is 0 Å². The van der Waals surface area contributed by atoms with Gasteiger partial charge in [-0.1, -0.05) is 91.0 Å². The van der Waals surface area contributed by atoms with Crippen LogP contribution in [0.25, 0.3) is 66.6 Å². The van der Waals surface area contributed by atoms with Gasteiger partial charge in [0.25, 0.3) is 0 Å². The standard InChI is InChI=1S/C48H40N2/c1-2-12-33(13-3-1)36-30-37(34-22-26-39(27-23-34)49-45-18-8-4-14-41(45)42-15-5-9-19-46(42)49)32-38(31-36)35-24-28-40(29-25-35)50-47-20-10-6-16-43(47)44-17-7-11-21-48(44)50/h1-4,6,8,10,12-14,16,18,20,22-32H,5,7,9,11,15,17,19,21H2. The lowest BCUT2D eigenvalue weighted by Crippen LogP contribution is -2.06. The van der Waals surface area contributed by atoms with Crippen LogP contribution >= 0.6 is 0 Å². The van der Waals surface area contributed by atoms with Gasteiger partial charge in [-0.2, -0.15) is 0 Å². The normalized spacial score (nSPS) is 14.2. The van der Waals surface area contributed by atoms with Crippen molar-refractivity contribution in [3.05, 3.63) is 168 Å². The molecule has 2 aromatic heterocycles. The Kier molecular flexibility index (Phi) is 7.08. The van der Waals surface area contributed by atoms with E-state index in [4.69, 9.17) is 0 Å². The van der Waals surface area contributed by atoms with Crippen LogP contribution < -0.4 is 0 Å². The van der Waals surface area contributed by atoms with Crippen molar-refractivity contribution in [2.75, 3.05) is 0 Å². The van der Waals surface area contributed by atoms with E-state index in [1.165, 1.54) is 116 Å². The zero-order valence-electron chi connectivity index (χ0n) is 28.4. The van der Waals surface area contributed by atoms with Crippen LogP contribution in [0.4, 0.5) is 0 Å². The molecular weight excluding hydrogens is 605 g/mol. The highest BCUT2D eigenvalue weighted by Crippen LogP contribution is 2.38. The van der Waals surface area contributed by atoms with E-state index >= 15 is 0 Å². The van der Waals surface area contributed by atoms with Gasteiger partial charge in [0.05, 0.1) is 11.0 Å². The highest BCUT2D eigenvalue weighted by molar-refractivity contribution is 5.89. The number of para-hydroxylation sites is 2. The van der Waals surface area contributed by atoms with Gasteiger partial charge in [0.15, 0.2) is 0 Å². The van der Waals surface area contributed by atoms with E-state index in [9.17, 15) is 0 Å². The van der Waals surface area contributed by atoms with Crippen molar-refractivity contribution in [2.45, 2.75) is 51.4 Å². The van der Waals surface area contributed by atoms with Crippen molar-refractivity contribution in [3.8, 4) is 44.8 Å². The minimum atomic E-state index is 1.15. The molecule has 6 aromatic carbocycles. The lowest BCUT2D eigenvalue weighted by molar-refractivity contribution is 0.667. The van der Waals surface area contributed by atoms with Gasteiger partial charge in [-0.3, -0.25) is 0 Å². The SMILES string of the molecule is c1ccc(-c2cc(-c3ccc(-n4c5c(c6ccccc64)CCCC5)cc3)cc(-c3ccc(-n4c5c(c6ccccc64)CCCC5)cc3)c2)cc1. The Bertz CT molecular complexity index is 2350. The summed E-state index contributed by atoms with van der Waals surface area (Å²) in [6, 6.07) is 54.3. The summed E-state index contributed by atoms with van der Waals surface area (Å²) >= 11 is 0. The number of rotatable bonds is 5. The van der Waals surface area contributed by atoms with Crippen molar-refractivity contribution < 1.29 is 0 Å². The van der Waals surface area contributed by atoms with Crippen LogP contribution in [0.15, 0.2) is 146 Å². The van der Waals surface area contributed by atoms with Gasteiger partial charge in [0.1, 0.15) is 0 Å². The van der Waals surface area contributed by atoms with E-state index in [0.29, 0.717) is 0 Å². The summed E-state index contributed by atoms with van der Waals surface area (Å²) in [7, 11) is 0. The number of hydrogen-bond acceptors (Lipinski definition) is 0. The van der Waals surface area contributed by atoms with Gasteiger partial charge in [-0.25, -0.2) is 0 Å². The Morgan fingerprint density at radius 2 is 0.700 bits per heavy atom. The zero-order valence-corrected chi connectivity index (χ0v) is 28.4. The molecule has 0 saturated heterocycles. The third kappa shape index (κ3) is 4.85. The summed E-state index contributed by atoms with van der Waals surface area (Å²) in [6.45, 7) is 0. The molecule has 0 unspecified atom stereocenters. The van der Waals surface area contributed by atoms with Crippen LogP contribution in [0.2, 0.25) is 0 Å². The molecule has 2 heteroatoms. The number of aromatic nitrogens is 2. The second-order valence-corrected chi connectivity index (χ2v) is 14.2. The maximum Gasteiger partial charge on any atom is 0.0534 e. The highest BCUT2D eigenvalue weighted by Gasteiger charge is 2.22. The molecule has 242 valence electrons. The van der Waals surface area contributed by atoms with E-state index in [1.54, 1.807) is 11.1 Å². The monoisotopic (exact) mass is 644 g/mol. The van der Waals surface area contributed by atoms with Gasteiger partial charge < -0.3 is 9.13 Å². The van der Waals surface area contributed by atoms with E-state index in [1.807, 2.05) is 0 Å². The van der Waals surface area contributed by atoms with Gasteiger partial charge in [-0.05, 0) is 150 Å². The second kappa shape index (κ2) is 12.1. The number of aryl methyl sites for hydroxylation is 2. The molecule has 0 fully saturated rings. The van der Waals surface area contributed by atoms with Gasteiger partial charge in [-0.15, -0.1) is 0 Å². The molecule has 0 spiro atoms. The van der Waals surface area contributed by atoms with Gasteiger partial charge in [0.2, 0.25) is 0 Å². The maximum absolute atomic E-state index is 2.52. The quantitative estimate of drug-likeness (QED) is 0.176. The topological polar surface area (TPSA) is 9.86 Å². The van der Waals surface area contributed by atoms with Crippen molar-refractivity contribution in [2.24, 2.45) is 0 Å². The summed E-state index contributed by atoms with van der Waals surface area (Å²) in [5.41, 5.74) is 18.7. The molecule has 2 heterocycles. The molecule has 0 bridgehead atoms. The van der Waals surface area contributed by atoms with Crippen molar-refractivity contribution >= 4 is 21.8 Å². The van der Waals surface area contributed by atoms with Crippen LogP contribution in [0.1, 0.15) is 48.2 Å². The first-order valence-electron chi connectivity index (χ1n) is 18.4. The average Bonchev–Trinajstić information content (AvgIpc) is 3.71. The van der Waals surface area contributed by atoms with Crippen molar-refractivity contribution in [3.63, 3.8) is 0 Å². The van der Waals surface area contributed by atoms with Gasteiger partial charge >= 0.3 is 0 Å². The Labute approximate surface area is 294 Å². The fraction of sp³-hybridized carbons (Fsp3) is 0.167. The summed E-state index contributed by atoms with van der Waals surface area (Å²) in [4.78, 5) is 0. The average molecular weight is 645 g/mol. The van der Waals surface area contributed by atoms with Crippen LogP contribution in [0.3, 0.4) is 0 Å². The van der Waals surface area contributed by atoms with Crippen LogP contribution in [-0.2, 0) is 25.7 Å². The zero-order chi connectivity index (χ0) is 33.0. The molecule has 8 aromatic rings. The Balaban J connectivity index is 1.05. The molecule has 2 nitrogen and oxygen atoms in total. The largest absolute Gasteiger partial charge is 0.313 e. The molecular formula is C48H40N2. The molecule has 0 amide bonds. The fourth-order valence-electron chi connectivity index (χ4n) is 8.94. The minimum absolute atomic E-state index is 1.15. The smallest absolute Gasteiger partial charge is 0.0534 e. The highest BCUT2D eigenvalue weighted by atomic mass is 15.0. The molecule has 0 aliphatic heterocycles. The summed E-state index contributed by atoms with van der Waals surface area (Å²) < 4.78 is 5.04. The predicted octanol–water partition coefficient (Wildman–Crippen LogP) is 12.3. The molecule has 2 aliphatic carbocycles. The number of nitrogens with zero attached hydrogens (tertiary/aromatic N) is 2. The molecule has 0 saturated carbocycles. The number of fused-ring (bicyclic) bond motifs is 6. The minimum Gasteiger partial charge on any atom is -0.313 e. The van der Waals surface area contributed by atoms with E-state index < -0.39 is 0 Å². The number of hydrogen-bond donors (Lipinski definition) is 0. The lowest BCUT2D eigenvalue weighted by atomic mass is 9.93. The first kappa shape index (κ1) is 29.3. The van der Waals surface area contributed by atoms with E-state index in [2.05, 4.69) is 155 Å². The van der Waals surface area contributed by atoms with Crippen LogP contribution in [-0.4, -0.2) is 9.13 Å². The molecule has 10 rings (SSSR count). The Hall–Kier alpha value is -5.60. The lowest BCUT2D eigenvalue weighted by Gasteiger charge is -2.17. The van der Waals surface area contributed by atoms with Crippen molar-refractivity contribution in [1.29, 1.82) is 0 Å².